The van der Waals surface area contributed by atoms with Gasteiger partial charge in [-0.3, -0.25) is 4.79 Å². The molecular formula is C18H23FN2O2. The molecule has 0 radical (unpaired) electrons. The summed E-state index contributed by atoms with van der Waals surface area (Å²) in [6.45, 7) is 7.22. The lowest BCUT2D eigenvalue weighted by atomic mass is 9.98. The van der Waals surface area contributed by atoms with E-state index >= 15 is 0 Å². The molecule has 0 spiro atoms. The molecule has 2 N–H and O–H groups in total. The van der Waals surface area contributed by atoms with Crippen LogP contribution in [0.1, 0.15) is 35.7 Å². The molecule has 0 aliphatic carbocycles. The molecular weight excluding hydrogens is 295 g/mol. The number of nitrogens with one attached hydrogen (secondary N) is 2. The second kappa shape index (κ2) is 7.92. The highest BCUT2D eigenvalue weighted by Crippen LogP contribution is 2.22. The predicted octanol–water partition coefficient (Wildman–Crippen LogP) is 2.87. The number of benzene rings is 1. The van der Waals surface area contributed by atoms with E-state index in [1.165, 1.54) is 13.2 Å². The van der Waals surface area contributed by atoms with E-state index < -0.39 is 11.7 Å². The number of ether oxygens (including phenoxy) is 1. The molecule has 1 unspecified atom stereocenters. The van der Waals surface area contributed by atoms with Crippen LogP contribution in [0.3, 0.4) is 0 Å². The molecule has 1 amide bonds. The molecule has 1 aliphatic heterocycles. The van der Waals surface area contributed by atoms with E-state index in [9.17, 15) is 9.18 Å². The number of methoxy groups -OCH3 is 1. The second-order valence-electron chi connectivity index (χ2n) is 5.70. The van der Waals surface area contributed by atoms with Gasteiger partial charge in [-0.25, -0.2) is 4.39 Å². The number of hydrogen-bond acceptors (Lipinski definition) is 3. The van der Waals surface area contributed by atoms with Gasteiger partial charge in [0.15, 0.2) is 0 Å². The molecule has 0 saturated carbocycles. The first kappa shape index (κ1) is 17.2. The summed E-state index contributed by atoms with van der Waals surface area (Å²) in [6.07, 6.45) is 3.40. The summed E-state index contributed by atoms with van der Waals surface area (Å²) in [5.74, 6) is -0.353. The lowest BCUT2D eigenvalue weighted by Crippen LogP contribution is -2.33. The van der Waals surface area contributed by atoms with Crippen LogP contribution in [-0.2, 0) is 4.74 Å². The molecule has 23 heavy (non-hydrogen) atoms. The van der Waals surface area contributed by atoms with Crippen LogP contribution in [0, 0.1) is 5.82 Å². The van der Waals surface area contributed by atoms with Gasteiger partial charge >= 0.3 is 0 Å². The van der Waals surface area contributed by atoms with Gasteiger partial charge in [0.2, 0.25) is 0 Å². The summed E-state index contributed by atoms with van der Waals surface area (Å²) in [4.78, 5) is 12.2. The zero-order valence-corrected chi connectivity index (χ0v) is 13.6. The van der Waals surface area contributed by atoms with E-state index in [4.69, 9.17) is 4.74 Å². The van der Waals surface area contributed by atoms with Gasteiger partial charge in [0.1, 0.15) is 5.82 Å². The third-order valence-electron chi connectivity index (χ3n) is 3.85. The van der Waals surface area contributed by atoms with Crippen molar-refractivity contribution in [1.82, 2.24) is 10.6 Å². The Hall–Kier alpha value is -2.14. The molecule has 5 heteroatoms. The number of amides is 1. The molecule has 0 saturated heterocycles. The molecule has 0 bridgehead atoms. The minimum atomic E-state index is -0.503. The summed E-state index contributed by atoms with van der Waals surface area (Å²) in [7, 11) is 1.53. The summed E-state index contributed by atoms with van der Waals surface area (Å²) in [5, 5.41) is 5.98. The highest BCUT2D eigenvalue weighted by Gasteiger charge is 2.16. The van der Waals surface area contributed by atoms with E-state index in [0.29, 0.717) is 12.2 Å². The van der Waals surface area contributed by atoms with Crippen LogP contribution in [0.2, 0.25) is 0 Å². The lowest BCUT2D eigenvalue weighted by Gasteiger charge is -2.17. The molecule has 1 atom stereocenters. The van der Waals surface area contributed by atoms with Crippen molar-refractivity contribution in [1.29, 1.82) is 0 Å². The zero-order valence-electron chi connectivity index (χ0n) is 13.6. The molecule has 1 aliphatic rings. The zero-order chi connectivity index (χ0) is 16.8. The van der Waals surface area contributed by atoms with Crippen molar-refractivity contribution in [2.45, 2.75) is 25.8 Å². The van der Waals surface area contributed by atoms with Gasteiger partial charge in [-0.2, -0.15) is 0 Å². The highest BCUT2D eigenvalue weighted by atomic mass is 19.1. The van der Waals surface area contributed by atoms with E-state index in [0.717, 1.165) is 30.6 Å². The average molecular weight is 318 g/mol. The van der Waals surface area contributed by atoms with Crippen molar-refractivity contribution in [2.24, 2.45) is 0 Å². The van der Waals surface area contributed by atoms with Gasteiger partial charge < -0.3 is 15.4 Å². The first-order chi connectivity index (χ1) is 11.0. The minimum absolute atomic E-state index is 0.0539. The topological polar surface area (TPSA) is 50.4 Å². The fourth-order valence-corrected chi connectivity index (χ4v) is 2.56. The summed E-state index contributed by atoms with van der Waals surface area (Å²) >= 11 is 0. The highest BCUT2D eigenvalue weighted by molar-refractivity contribution is 5.95. The number of halogens is 1. The van der Waals surface area contributed by atoms with Crippen LogP contribution in [0.4, 0.5) is 4.39 Å². The first-order valence-electron chi connectivity index (χ1n) is 7.73. The van der Waals surface area contributed by atoms with Gasteiger partial charge in [0.25, 0.3) is 5.91 Å². The second-order valence-corrected chi connectivity index (χ2v) is 5.70. The van der Waals surface area contributed by atoms with E-state index in [2.05, 4.69) is 23.3 Å². The van der Waals surface area contributed by atoms with Crippen molar-refractivity contribution in [3.63, 3.8) is 0 Å². The Kier molecular flexibility index (Phi) is 5.93. The average Bonchev–Trinajstić information content (AvgIpc) is 2.55. The SMILES string of the molecule is C=C(CC(C)NC(=O)c1ccc(C2=CCNCC2)cc1F)OC. The number of carbonyl (C=O) groups is 1. The normalized spacial score (nSPS) is 15.5. The maximum Gasteiger partial charge on any atom is 0.254 e. The van der Waals surface area contributed by atoms with E-state index in [-0.39, 0.29) is 11.6 Å². The minimum Gasteiger partial charge on any atom is -0.502 e. The molecule has 1 heterocycles. The third-order valence-corrected chi connectivity index (χ3v) is 3.85. The van der Waals surface area contributed by atoms with Crippen molar-refractivity contribution < 1.29 is 13.9 Å². The molecule has 124 valence electrons. The molecule has 1 aromatic carbocycles. The van der Waals surface area contributed by atoms with Crippen molar-refractivity contribution >= 4 is 11.5 Å². The predicted molar refractivity (Wildman–Crippen MR) is 89.6 cm³/mol. The Balaban J connectivity index is 2.06. The van der Waals surface area contributed by atoms with Crippen molar-refractivity contribution in [3.05, 3.63) is 53.6 Å². The summed E-state index contributed by atoms with van der Waals surface area (Å²) < 4.78 is 19.3. The lowest BCUT2D eigenvalue weighted by molar-refractivity contribution is 0.0933. The Morgan fingerprint density at radius 3 is 2.91 bits per heavy atom. The fraction of sp³-hybridized carbons (Fsp3) is 0.389. The number of hydrogen-bond donors (Lipinski definition) is 2. The van der Waals surface area contributed by atoms with Gasteiger partial charge in [-0.15, -0.1) is 0 Å². The van der Waals surface area contributed by atoms with Crippen LogP contribution < -0.4 is 10.6 Å². The largest absolute Gasteiger partial charge is 0.502 e. The Bertz CT molecular complexity index is 625. The van der Waals surface area contributed by atoms with E-state index in [1.807, 2.05) is 6.92 Å². The Morgan fingerprint density at radius 1 is 1.52 bits per heavy atom. The molecule has 0 fully saturated rings. The van der Waals surface area contributed by atoms with Crippen LogP contribution in [0.5, 0.6) is 0 Å². The van der Waals surface area contributed by atoms with Crippen molar-refractivity contribution in [2.75, 3.05) is 20.2 Å². The standard InChI is InChI=1S/C18H23FN2O2/c1-12(10-13(2)23-3)21-18(22)16-5-4-15(11-17(16)19)14-6-8-20-9-7-14/h4-6,11-12,20H,2,7-10H2,1,3H3,(H,21,22). The van der Waals surface area contributed by atoms with Gasteiger partial charge in [0.05, 0.1) is 18.4 Å². The molecule has 4 nitrogen and oxygen atoms in total. The molecule has 0 aromatic heterocycles. The Labute approximate surface area is 136 Å². The van der Waals surface area contributed by atoms with Crippen LogP contribution in [0.15, 0.2) is 36.6 Å². The first-order valence-corrected chi connectivity index (χ1v) is 7.73. The van der Waals surface area contributed by atoms with Gasteiger partial charge in [0, 0.05) is 19.0 Å². The van der Waals surface area contributed by atoms with Gasteiger partial charge in [-0.1, -0.05) is 18.7 Å². The maximum atomic E-state index is 14.3. The number of carbonyl (C=O) groups excluding carboxylic acids is 1. The fourth-order valence-electron chi connectivity index (χ4n) is 2.56. The smallest absolute Gasteiger partial charge is 0.254 e. The maximum absolute atomic E-state index is 14.3. The summed E-state index contributed by atoms with van der Waals surface area (Å²) in [6, 6.07) is 4.60. The molecule has 1 aromatic rings. The quantitative estimate of drug-likeness (QED) is 0.793. The summed E-state index contributed by atoms with van der Waals surface area (Å²) in [5.41, 5.74) is 2.00. The van der Waals surface area contributed by atoms with Crippen molar-refractivity contribution in [3.8, 4) is 0 Å². The molecule has 2 rings (SSSR count). The third kappa shape index (κ3) is 4.66. The Morgan fingerprint density at radius 2 is 2.30 bits per heavy atom. The van der Waals surface area contributed by atoms with Crippen LogP contribution in [0.25, 0.3) is 5.57 Å². The van der Waals surface area contributed by atoms with Crippen LogP contribution in [-0.4, -0.2) is 32.1 Å². The van der Waals surface area contributed by atoms with Gasteiger partial charge in [-0.05, 0) is 43.2 Å². The van der Waals surface area contributed by atoms with Crippen LogP contribution >= 0.6 is 0 Å². The number of rotatable bonds is 6. The monoisotopic (exact) mass is 318 g/mol. The van der Waals surface area contributed by atoms with E-state index in [1.54, 1.807) is 12.1 Å².